The van der Waals surface area contributed by atoms with Crippen molar-refractivity contribution < 1.29 is 13.7 Å². The number of carbonyl (C=O) groups excluding carboxylic acids is 1. The summed E-state index contributed by atoms with van der Waals surface area (Å²) in [5, 5.41) is 5.97. The van der Waals surface area contributed by atoms with E-state index in [0.717, 1.165) is 0 Å². The fraction of sp³-hybridized carbons (Fsp3) is 0.0769. The Morgan fingerprint density at radius 1 is 1.47 bits per heavy atom. The number of halogens is 1. The SMILES string of the molecule is NCC#Cc1ccc(NC(=O)c2ccon2)cc1F. The molecule has 0 spiro atoms. The third-order valence-corrected chi connectivity index (χ3v) is 2.22. The fourth-order valence-electron chi connectivity index (χ4n) is 1.37. The van der Waals surface area contributed by atoms with E-state index in [9.17, 15) is 9.18 Å². The van der Waals surface area contributed by atoms with Crippen LogP contribution in [0.3, 0.4) is 0 Å². The van der Waals surface area contributed by atoms with Crippen molar-refractivity contribution in [3.05, 3.63) is 47.6 Å². The molecule has 3 N–H and O–H groups in total. The number of amides is 1. The number of hydrogen-bond acceptors (Lipinski definition) is 4. The van der Waals surface area contributed by atoms with Crippen molar-refractivity contribution >= 4 is 11.6 Å². The Labute approximate surface area is 108 Å². The van der Waals surface area contributed by atoms with E-state index in [1.807, 2.05) is 0 Å². The number of anilines is 1. The van der Waals surface area contributed by atoms with Gasteiger partial charge in [0.1, 0.15) is 12.1 Å². The summed E-state index contributed by atoms with van der Waals surface area (Å²) in [5.74, 6) is 4.14. The molecule has 0 fully saturated rings. The summed E-state index contributed by atoms with van der Waals surface area (Å²) in [6, 6.07) is 5.60. The molecule has 1 aromatic heterocycles. The first-order valence-corrected chi connectivity index (χ1v) is 5.41. The van der Waals surface area contributed by atoms with Gasteiger partial charge in [0.15, 0.2) is 5.69 Å². The molecule has 1 heterocycles. The molecule has 0 radical (unpaired) electrons. The minimum atomic E-state index is -0.529. The second-order valence-corrected chi connectivity index (χ2v) is 3.54. The van der Waals surface area contributed by atoms with Gasteiger partial charge in [0.25, 0.3) is 5.91 Å². The molecule has 96 valence electrons. The van der Waals surface area contributed by atoms with Crippen LogP contribution in [0.4, 0.5) is 10.1 Å². The monoisotopic (exact) mass is 259 g/mol. The largest absolute Gasteiger partial charge is 0.364 e. The molecular weight excluding hydrogens is 249 g/mol. The second kappa shape index (κ2) is 5.80. The highest BCUT2D eigenvalue weighted by molar-refractivity contribution is 6.02. The zero-order valence-corrected chi connectivity index (χ0v) is 9.81. The second-order valence-electron chi connectivity index (χ2n) is 3.54. The summed E-state index contributed by atoms with van der Waals surface area (Å²) in [6.45, 7) is 0.157. The maximum atomic E-state index is 13.6. The Morgan fingerprint density at radius 3 is 2.95 bits per heavy atom. The zero-order chi connectivity index (χ0) is 13.7. The molecule has 5 nitrogen and oxygen atoms in total. The van der Waals surface area contributed by atoms with Crippen LogP contribution < -0.4 is 11.1 Å². The van der Waals surface area contributed by atoms with Crippen molar-refractivity contribution in [3.8, 4) is 11.8 Å². The predicted molar refractivity (Wildman–Crippen MR) is 66.8 cm³/mol. The van der Waals surface area contributed by atoms with E-state index < -0.39 is 11.7 Å². The van der Waals surface area contributed by atoms with Crippen LogP contribution in [0.1, 0.15) is 16.1 Å². The van der Waals surface area contributed by atoms with Gasteiger partial charge in [-0.2, -0.15) is 0 Å². The molecule has 1 amide bonds. The Hall–Kier alpha value is -2.65. The molecule has 19 heavy (non-hydrogen) atoms. The van der Waals surface area contributed by atoms with Crippen molar-refractivity contribution in [2.24, 2.45) is 5.73 Å². The summed E-state index contributed by atoms with van der Waals surface area (Å²) in [4.78, 5) is 11.6. The third kappa shape index (κ3) is 3.18. The van der Waals surface area contributed by atoms with E-state index in [1.54, 1.807) is 6.07 Å². The van der Waals surface area contributed by atoms with Gasteiger partial charge >= 0.3 is 0 Å². The molecule has 0 bridgehead atoms. The summed E-state index contributed by atoms with van der Waals surface area (Å²) in [7, 11) is 0. The van der Waals surface area contributed by atoms with Crippen LogP contribution in [0, 0.1) is 17.7 Å². The van der Waals surface area contributed by atoms with Gasteiger partial charge in [-0.15, -0.1) is 0 Å². The van der Waals surface area contributed by atoms with Gasteiger partial charge in [0.05, 0.1) is 12.1 Å². The van der Waals surface area contributed by atoms with Gasteiger partial charge in [0, 0.05) is 11.8 Å². The first-order chi connectivity index (χ1) is 9.20. The molecule has 2 rings (SSSR count). The summed E-state index contributed by atoms with van der Waals surface area (Å²) in [5.41, 5.74) is 5.86. The molecule has 0 unspecified atom stereocenters. The van der Waals surface area contributed by atoms with Gasteiger partial charge in [-0.25, -0.2) is 4.39 Å². The minimum Gasteiger partial charge on any atom is -0.364 e. The van der Waals surface area contributed by atoms with Crippen molar-refractivity contribution in [1.29, 1.82) is 0 Å². The van der Waals surface area contributed by atoms with E-state index in [2.05, 4.69) is 26.8 Å². The molecule has 0 saturated carbocycles. The molecule has 1 aromatic carbocycles. The van der Waals surface area contributed by atoms with E-state index in [1.165, 1.54) is 24.5 Å². The zero-order valence-electron chi connectivity index (χ0n) is 9.81. The Morgan fingerprint density at radius 2 is 2.32 bits per heavy atom. The Kier molecular flexibility index (Phi) is 3.90. The van der Waals surface area contributed by atoms with Crippen LogP contribution >= 0.6 is 0 Å². The lowest BCUT2D eigenvalue weighted by Gasteiger charge is -2.03. The van der Waals surface area contributed by atoms with Gasteiger partial charge < -0.3 is 15.6 Å². The topological polar surface area (TPSA) is 81.1 Å². The first kappa shape index (κ1) is 12.8. The molecule has 6 heteroatoms. The lowest BCUT2D eigenvalue weighted by Crippen LogP contribution is -2.12. The number of benzene rings is 1. The van der Waals surface area contributed by atoms with E-state index in [4.69, 9.17) is 5.73 Å². The quantitative estimate of drug-likeness (QED) is 0.798. The average molecular weight is 259 g/mol. The number of nitrogens with one attached hydrogen (secondary N) is 1. The number of nitrogens with two attached hydrogens (primary N) is 1. The molecule has 0 atom stereocenters. The normalized spacial score (nSPS) is 9.58. The van der Waals surface area contributed by atoms with E-state index in [-0.39, 0.29) is 17.8 Å². The molecule has 0 aliphatic carbocycles. The number of hydrogen-bond donors (Lipinski definition) is 2. The summed E-state index contributed by atoms with van der Waals surface area (Å²) >= 11 is 0. The van der Waals surface area contributed by atoms with Crippen LogP contribution in [0.2, 0.25) is 0 Å². The summed E-state index contributed by atoms with van der Waals surface area (Å²) in [6.07, 6.45) is 1.28. The maximum absolute atomic E-state index is 13.6. The highest BCUT2D eigenvalue weighted by Crippen LogP contribution is 2.14. The number of aromatic nitrogens is 1. The molecular formula is C13H10FN3O2. The van der Waals surface area contributed by atoms with E-state index >= 15 is 0 Å². The fourth-order valence-corrected chi connectivity index (χ4v) is 1.37. The highest BCUT2D eigenvalue weighted by Gasteiger charge is 2.10. The molecule has 0 saturated heterocycles. The smallest absolute Gasteiger partial charge is 0.277 e. The minimum absolute atomic E-state index is 0.118. The van der Waals surface area contributed by atoms with Crippen molar-refractivity contribution in [3.63, 3.8) is 0 Å². The van der Waals surface area contributed by atoms with Crippen molar-refractivity contribution in [2.45, 2.75) is 0 Å². The predicted octanol–water partition coefficient (Wildman–Crippen LogP) is 1.38. The lowest BCUT2D eigenvalue weighted by atomic mass is 10.2. The van der Waals surface area contributed by atoms with Gasteiger partial charge in [0.2, 0.25) is 0 Å². The summed E-state index contributed by atoms with van der Waals surface area (Å²) < 4.78 is 18.2. The lowest BCUT2D eigenvalue weighted by molar-refractivity contribution is 0.101. The van der Waals surface area contributed by atoms with Crippen molar-refractivity contribution in [2.75, 3.05) is 11.9 Å². The molecule has 2 aromatic rings. The first-order valence-electron chi connectivity index (χ1n) is 5.41. The van der Waals surface area contributed by atoms with Crippen LogP contribution in [0.15, 0.2) is 35.1 Å². The average Bonchev–Trinajstić information content (AvgIpc) is 2.92. The molecule has 0 aliphatic heterocycles. The molecule has 0 aliphatic rings. The third-order valence-electron chi connectivity index (χ3n) is 2.22. The number of rotatable bonds is 2. The Bertz CT molecular complexity index is 642. The standard InChI is InChI=1S/C13H10FN3O2/c14-11-8-10(4-3-9(11)2-1-6-15)16-13(18)12-5-7-19-17-12/h3-5,7-8H,6,15H2,(H,16,18). The van der Waals surface area contributed by atoms with Gasteiger partial charge in [-0.05, 0) is 18.2 Å². The van der Waals surface area contributed by atoms with Gasteiger partial charge in [-0.1, -0.05) is 17.0 Å². The maximum Gasteiger partial charge on any atom is 0.277 e. The number of nitrogens with zero attached hydrogens (tertiary/aromatic N) is 1. The number of carbonyl (C=O) groups is 1. The van der Waals surface area contributed by atoms with E-state index in [0.29, 0.717) is 5.69 Å². The Balaban J connectivity index is 2.14. The van der Waals surface area contributed by atoms with Crippen molar-refractivity contribution in [1.82, 2.24) is 5.16 Å². The van der Waals surface area contributed by atoms with Crippen LogP contribution in [0.25, 0.3) is 0 Å². The van der Waals surface area contributed by atoms with Crippen LogP contribution in [0.5, 0.6) is 0 Å². The van der Waals surface area contributed by atoms with Gasteiger partial charge in [-0.3, -0.25) is 4.79 Å². The highest BCUT2D eigenvalue weighted by atomic mass is 19.1. The van der Waals surface area contributed by atoms with Crippen LogP contribution in [-0.2, 0) is 0 Å². The van der Waals surface area contributed by atoms with Crippen LogP contribution in [-0.4, -0.2) is 17.6 Å².